The second-order valence-electron chi connectivity index (χ2n) is 5.66. The average molecular weight is 258 g/mol. The smallest absolute Gasteiger partial charge is 0.153 e. The number of anilines is 1. The first-order valence-electron chi connectivity index (χ1n) is 7.13. The summed E-state index contributed by atoms with van der Waals surface area (Å²) in [6, 6.07) is 8.22. The van der Waals surface area contributed by atoms with E-state index in [2.05, 4.69) is 33.9 Å². The Hall–Kier alpha value is -1.55. The standard InChI is InChI=1S/C15H22N4/c1-18-9-6-12(7-10-18)8-11-19-14-5-3-2-4-13(14)15(16)17-19/h2-5,12H,6-11H2,1H3,(H2,16,17). The second-order valence-corrected chi connectivity index (χ2v) is 5.66. The van der Waals surface area contributed by atoms with E-state index in [-0.39, 0.29) is 0 Å². The van der Waals surface area contributed by atoms with E-state index in [9.17, 15) is 0 Å². The predicted molar refractivity (Wildman–Crippen MR) is 79.0 cm³/mol. The average Bonchev–Trinajstić information content (AvgIpc) is 2.76. The van der Waals surface area contributed by atoms with Crippen molar-refractivity contribution in [3.8, 4) is 0 Å². The molecular formula is C15H22N4. The Bertz CT molecular complexity index is 552. The lowest BCUT2D eigenvalue weighted by molar-refractivity contribution is 0.207. The predicted octanol–water partition coefficient (Wildman–Crippen LogP) is 2.35. The summed E-state index contributed by atoms with van der Waals surface area (Å²) in [6.07, 6.45) is 3.83. The summed E-state index contributed by atoms with van der Waals surface area (Å²) in [7, 11) is 2.21. The lowest BCUT2D eigenvalue weighted by Gasteiger charge is -2.28. The Morgan fingerprint density at radius 2 is 2.00 bits per heavy atom. The van der Waals surface area contributed by atoms with E-state index < -0.39 is 0 Å². The number of aryl methyl sites for hydroxylation is 1. The minimum Gasteiger partial charge on any atom is -0.382 e. The lowest BCUT2D eigenvalue weighted by Crippen LogP contribution is -2.30. The van der Waals surface area contributed by atoms with E-state index in [0.717, 1.165) is 23.4 Å². The van der Waals surface area contributed by atoms with Crippen LogP contribution in [0.25, 0.3) is 10.9 Å². The molecule has 0 amide bonds. The maximum absolute atomic E-state index is 5.97. The number of para-hydroxylation sites is 1. The molecule has 0 spiro atoms. The third kappa shape index (κ3) is 2.59. The fraction of sp³-hybridized carbons (Fsp3) is 0.533. The van der Waals surface area contributed by atoms with E-state index in [4.69, 9.17) is 5.73 Å². The number of aromatic nitrogens is 2. The zero-order chi connectivity index (χ0) is 13.2. The fourth-order valence-corrected chi connectivity index (χ4v) is 2.98. The van der Waals surface area contributed by atoms with Crippen LogP contribution in [-0.2, 0) is 6.54 Å². The van der Waals surface area contributed by atoms with Crippen LogP contribution in [0.3, 0.4) is 0 Å². The number of piperidine rings is 1. The van der Waals surface area contributed by atoms with Gasteiger partial charge in [-0.1, -0.05) is 12.1 Å². The molecule has 2 heterocycles. The Morgan fingerprint density at radius 3 is 2.79 bits per heavy atom. The van der Waals surface area contributed by atoms with Gasteiger partial charge in [-0.2, -0.15) is 5.10 Å². The van der Waals surface area contributed by atoms with Gasteiger partial charge in [0.25, 0.3) is 0 Å². The Kier molecular flexibility index (Phi) is 3.42. The molecule has 0 radical (unpaired) electrons. The van der Waals surface area contributed by atoms with Gasteiger partial charge in [-0.3, -0.25) is 4.68 Å². The largest absolute Gasteiger partial charge is 0.382 e. The molecule has 0 unspecified atom stereocenters. The van der Waals surface area contributed by atoms with Crippen LogP contribution < -0.4 is 5.73 Å². The number of nitrogen functional groups attached to an aromatic ring is 1. The molecule has 1 aromatic carbocycles. The summed E-state index contributed by atoms with van der Waals surface area (Å²) in [5.74, 6) is 1.49. The quantitative estimate of drug-likeness (QED) is 0.919. The highest BCUT2D eigenvalue weighted by molar-refractivity contribution is 5.88. The van der Waals surface area contributed by atoms with E-state index in [1.54, 1.807) is 0 Å². The van der Waals surface area contributed by atoms with Gasteiger partial charge in [-0.15, -0.1) is 0 Å². The molecular weight excluding hydrogens is 236 g/mol. The maximum atomic E-state index is 5.97. The molecule has 102 valence electrons. The highest BCUT2D eigenvalue weighted by atomic mass is 15.3. The zero-order valence-corrected chi connectivity index (χ0v) is 11.5. The van der Waals surface area contributed by atoms with Gasteiger partial charge in [-0.05, 0) is 57.5 Å². The molecule has 0 atom stereocenters. The van der Waals surface area contributed by atoms with Crippen molar-refractivity contribution < 1.29 is 0 Å². The molecule has 4 nitrogen and oxygen atoms in total. The van der Waals surface area contributed by atoms with Gasteiger partial charge in [0.2, 0.25) is 0 Å². The van der Waals surface area contributed by atoms with Crippen molar-refractivity contribution in [2.75, 3.05) is 25.9 Å². The number of likely N-dealkylation sites (tertiary alicyclic amines) is 1. The molecule has 0 saturated carbocycles. The number of nitrogens with zero attached hydrogens (tertiary/aromatic N) is 3. The molecule has 19 heavy (non-hydrogen) atoms. The van der Waals surface area contributed by atoms with Crippen molar-refractivity contribution in [1.29, 1.82) is 0 Å². The molecule has 2 N–H and O–H groups in total. The number of nitrogens with two attached hydrogens (primary N) is 1. The molecule has 3 rings (SSSR count). The molecule has 0 aliphatic carbocycles. The molecule has 2 aromatic rings. The van der Waals surface area contributed by atoms with Crippen LogP contribution in [0.2, 0.25) is 0 Å². The van der Waals surface area contributed by atoms with Crippen molar-refractivity contribution >= 4 is 16.7 Å². The third-order valence-electron chi connectivity index (χ3n) is 4.27. The molecule has 1 fully saturated rings. The van der Waals surface area contributed by atoms with Gasteiger partial charge in [0.1, 0.15) is 0 Å². The van der Waals surface area contributed by atoms with Crippen molar-refractivity contribution in [3.05, 3.63) is 24.3 Å². The van der Waals surface area contributed by atoms with Gasteiger partial charge in [0.05, 0.1) is 5.52 Å². The first-order chi connectivity index (χ1) is 9.24. The maximum Gasteiger partial charge on any atom is 0.153 e. The minimum absolute atomic E-state index is 0.652. The zero-order valence-electron chi connectivity index (χ0n) is 11.5. The van der Waals surface area contributed by atoms with Gasteiger partial charge < -0.3 is 10.6 Å². The van der Waals surface area contributed by atoms with Crippen LogP contribution in [0, 0.1) is 5.92 Å². The van der Waals surface area contributed by atoms with Crippen molar-refractivity contribution in [2.45, 2.75) is 25.8 Å². The fourth-order valence-electron chi connectivity index (χ4n) is 2.98. The molecule has 1 aromatic heterocycles. The minimum atomic E-state index is 0.652. The highest BCUT2D eigenvalue weighted by Gasteiger charge is 2.17. The number of fused-ring (bicyclic) bond motifs is 1. The normalized spacial score (nSPS) is 18.2. The van der Waals surface area contributed by atoms with E-state index in [1.165, 1.54) is 32.4 Å². The van der Waals surface area contributed by atoms with Gasteiger partial charge in [0.15, 0.2) is 5.82 Å². The van der Waals surface area contributed by atoms with Crippen molar-refractivity contribution in [1.82, 2.24) is 14.7 Å². The summed E-state index contributed by atoms with van der Waals surface area (Å²) in [5, 5.41) is 5.55. The van der Waals surface area contributed by atoms with Gasteiger partial charge in [-0.25, -0.2) is 0 Å². The lowest BCUT2D eigenvalue weighted by atomic mass is 9.94. The molecule has 1 aliphatic rings. The van der Waals surface area contributed by atoms with Crippen LogP contribution in [0.15, 0.2) is 24.3 Å². The summed E-state index contributed by atoms with van der Waals surface area (Å²) in [6.45, 7) is 3.44. The monoisotopic (exact) mass is 258 g/mol. The molecule has 4 heteroatoms. The number of hydrogen-bond acceptors (Lipinski definition) is 3. The molecule has 0 bridgehead atoms. The summed E-state index contributed by atoms with van der Waals surface area (Å²) in [5.41, 5.74) is 7.13. The number of benzene rings is 1. The Labute approximate surface area is 114 Å². The topological polar surface area (TPSA) is 47.1 Å². The molecule has 1 saturated heterocycles. The highest BCUT2D eigenvalue weighted by Crippen LogP contribution is 2.23. The van der Waals surface area contributed by atoms with E-state index >= 15 is 0 Å². The summed E-state index contributed by atoms with van der Waals surface area (Å²) >= 11 is 0. The van der Waals surface area contributed by atoms with Crippen LogP contribution in [0.5, 0.6) is 0 Å². The van der Waals surface area contributed by atoms with Crippen molar-refractivity contribution in [3.63, 3.8) is 0 Å². The van der Waals surface area contributed by atoms with Crippen LogP contribution >= 0.6 is 0 Å². The van der Waals surface area contributed by atoms with Crippen molar-refractivity contribution in [2.24, 2.45) is 5.92 Å². The third-order valence-corrected chi connectivity index (χ3v) is 4.27. The van der Waals surface area contributed by atoms with Crippen LogP contribution in [0.1, 0.15) is 19.3 Å². The number of hydrogen-bond donors (Lipinski definition) is 1. The SMILES string of the molecule is CN1CCC(CCn2nc(N)c3ccccc32)CC1. The van der Waals surface area contributed by atoms with Crippen LogP contribution in [-0.4, -0.2) is 34.8 Å². The Morgan fingerprint density at radius 1 is 1.26 bits per heavy atom. The van der Waals surface area contributed by atoms with Gasteiger partial charge in [0, 0.05) is 11.9 Å². The molecule has 1 aliphatic heterocycles. The van der Waals surface area contributed by atoms with Gasteiger partial charge >= 0.3 is 0 Å². The Balaban J connectivity index is 1.69. The number of rotatable bonds is 3. The second kappa shape index (κ2) is 5.21. The van der Waals surface area contributed by atoms with Crippen LogP contribution in [0.4, 0.5) is 5.82 Å². The van der Waals surface area contributed by atoms with E-state index in [1.807, 2.05) is 12.1 Å². The summed E-state index contributed by atoms with van der Waals surface area (Å²) < 4.78 is 2.07. The van der Waals surface area contributed by atoms with E-state index in [0.29, 0.717) is 5.82 Å². The summed E-state index contributed by atoms with van der Waals surface area (Å²) in [4.78, 5) is 2.41. The first-order valence-corrected chi connectivity index (χ1v) is 7.13. The first kappa shape index (κ1) is 12.5.